The van der Waals surface area contributed by atoms with E-state index < -0.39 is 0 Å². The number of likely N-dealkylation sites (tertiary alicyclic amines) is 4. The first-order chi connectivity index (χ1) is 57.9. The molecule has 17 rings (SSSR count). The highest BCUT2D eigenvalue weighted by molar-refractivity contribution is 9.11. The molecule has 24 nitrogen and oxygen atoms in total. The third-order valence-electron chi connectivity index (χ3n) is 23.1. The summed E-state index contributed by atoms with van der Waals surface area (Å²) in [4.78, 5) is 135. The Balaban J connectivity index is 0.000000137. The number of primary amides is 1. The number of nitrogens with two attached hydrogens (primary N) is 1. The van der Waals surface area contributed by atoms with E-state index in [1.54, 1.807) is 44.1 Å². The summed E-state index contributed by atoms with van der Waals surface area (Å²) in [5, 5.41) is 10.1. The minimum atomic E-state index is -0.350. The smallest absolute Gasteiger partial charge is 0.256 e. The van der Waals surface area contributed by atoms with Crippen molar-refractivity contribution in [2.45, 2.75) is 111 Å². The zero-order valence-corrected chi connectivity index (χ0v) is 75.9. The number of rotatable bonds is 19. The summed E-state index contributed by atoms with van der Waals surface area (Å²) in [6, 6.07) is 40.2. The van der Waals surface area contributed by atoms with Crippen LogP contribution in [-0.4, -0.2) is 189 Å². The van der Waals surface area contributed by atoms with Crippen molar-refractivity contribution in [3.63, 3.8) is 0 Å². The molecular formula is C92H95Br5N14O10. The molecule has 0 atom stereocenters. The van der Waals surface area contributed by atoms with Crippen molar-refractivity contribution in [2.24, 2.45) is 11.7 Å². The number of halogens is 5. The van der Waals surface area contributed by atoms with Crippen LogP contribution in [0.15, 0.2) is 207 Å². The van der Waals surface area contributed by atoms with Gasteiger partial charge in [0.25, 0.3) is 5.91 Å². The van der Waals surface area contributed by atoms with E-state index in [4.69, 9.17) is 5.73 Å². The van der Waals surface area contributed by atoms with Gasteiger partial charge in [0, 0.05) is 206 Å². The number of aryl methyl sites for hydroxylation is 1. The molecule has 7 aliphatic heterocycles. The minimum absolute atomic E-state index is 0.00681. The summed E-state index contributed by atoms with van der Waals surface area (Å²) in [7, 11) is 0. The third kappa shape index (κ3) is 19.8. The van der Waals surface area contributed by atoms with Crippen molar-refractivity contribution >= 4 is 182 Å². The SMILES string of the molecule is C=CC(=C)N1CCC1.C=CC(=O)N1CC(CC(=O)Cn2c(C)c(C(=O)N3CCc4c(C)cc(Br)cc4C3)c3cc(Br)ccc32)C1.C=CC(=O)N1CC(NC(=O)Cn2c(-c3ccccc3)cc3cc(Br)ccc32)C1.C=CC(=O)N1CC(NC(=O)Cn2c3c(c4cc(Br)ccc42)CN(C(C)=O)C3)C1.CC(=O)n1c2c(c3ccc(Br)cc31)CN(CC(N)=O)C2. The van der Waals surface area contributed by atoms with Crippen LogP contribution in [0.2, 0.25) is 0 Å². The number of aromatic nitrogens is 4. The first-order valence-electron chi connectivity index (χ1n) is 39.9. The number of fused-ring (bicyclic) bond motifs is 9. The van der Waals surface area contributed by atoms with Crippen LogP contribution >= 0.6 is 79.6 Å². The monoisotopic (exact) mass is 1950 g/mol. The maximum absolute atomic E-state index is 13.9. The molecule has 0 unspecified atom stereocenters. The predicted octanol–water partition coefficient (Wildman–Crippen LogP) is 14.2. The van der Waals surface area contributed by atoms with Crippen molar-refractivity contribution in [3.8, 4) is 11.3 Å². The van der Waals surface area contributed by atoms with Gasteiger partial charge in [0.1, 0.15) is 13.1 Å². The van der Waals surface area contributed by atoms with Crippen molar-refractivity contribution < 1.29 is 47.9 Å². The van der Waals surface area contributed by atoms with Gasteiger partial charge in [0.05, 0.1) is 42.8 Å². The molecule has 4 aromatic heterocycles. The fourth-order valence-corrected chi connectivity index (χ4v) is 18.9. The molecular weight excluding hydrogens is 1860 g/mol. The standard InChI is InChI=1S/C29H29Br2N3O3.C22H20BrN3O2.C20H21BrN4O3.C14H14BrN3O2.C7H11N/c1-4-27(36)33-13-19(14-33)10-23(35)16-34-18(3)28(25-12-21(30)5-6-26(25)34)29(37)32-8-7-24-17(2)9-22(31)11-20(24)15-32;1-2-22(28)25-12-18(13-25)24-21(27)14-26-19-9-8-17(23)10-16(19)11-20(26)15-6-4-3-5-7-15;1-3-20(28)24-7-14(8-24)22-19(27)11-25-17-5-4-13(21)6-15(17)16-9-23(12(2)26)10-18(16)25;1-8(19)18-12-4-9(15)2-3-10(12)11-5-17(6-13(11)18)7-14(16)20;1-3-7(2)8-5-4-6-8/h4-6,9,11-12,19H,1,7-8,10,13-16H2,2-3H3;2-11,18H,1,12-14H2,(H,24,27);3-6,14H,1,7-11H2,2H3,(H,22,27);2-4H,5-7H2,1H3,(H2,16,20);3H,1-2,4-6H2. The zero-order chi connectivity index (χ0) is 86.5. The number of carbonyl (C=O) groups excluding carboxylic acids is 10. The molecule has 0 saturated carbocycles. The number of amides is 8. The van der Waals surface area contributed by atoms with E-state index >= 15 is 0 Å². The van der Waals surface area contributed by atoms with Crippen molar-refractivity contribution in [3.05, 3.63) is 257 Å². The number of hydrogen-bond donors (Lipinski definition) is 3. The highest BCUT2D eigenvalue weighted by Gasteiger charge is 2.37. The van der Waals surface area contributed by atoms with Crippen LogP contribution < -0.4 is 16.4 Å². The van der Waals surface area contributed by atoms with Gasteiger partial charge in [-0.1, -0.05) is 149 Å². The Bertz CT molecular complexity index is 5880. The molecule has 8 amide bonds. The van der Waals surface area contributed by atoms with Gasteiger partial charge in [-0.2, -0.15) is 0 Å². The maximum atomic E-state index is 13.9. The van der Waals surface area contributed by atoms with E-state index in [1.807, 2.05) is 127 Å². The van der Waals surface area contributed by atoms with E-state index in [2.05, 4.69) is 159 Å². The molecule has 11 heterocycles. The number of allylic oxidation sites excluding steroid dienone is 1. The van der Waals surface area contributed by atoms with Gasteiger partial charge in [-0.3, -0.25) is 57.4 Å². The Morgan fingerprint density at radius 1 is 0.479 bits per heavy atom. The predicted molar refractivity (Wildman–Crippen MR) is 488 cm³/mol. The summed E-state index contributed by atoms with van der Waals surface area (Å²) in [5.41, 5.74) is 21.6. The summed E-state index contributed by atoms with van der Waals surface area (Å²) in [5.74, 6) is -0.542. The van der Waals surface area contributed by atoms with Crippen molar-refractivity contribution in [1.29, 1.82) is 0 Å². The van der Waals surface area contributed by atoms with Gasteiger partial charge < -0.3 is 59.5 Å². The van der Waals surface area contributed by atoms with E-state index in [0.29, 0.717) is 90.5 Å². The summed E-state index contributed by atoms with van der Waals surface area (Å²) in [6.45, 7) is 35.0. The summed E-state index contributed by atoms with van der Waals surface area (Å²) >= 11 is 17.6. The quantitative estimate of drug-likeness (QED) is 0.0504. The first-order valence-corrected chi connectivity index (χ1v) is 43.8. The fraction of sp³-hybridized carbons (Fsp3) is 0.304. The molecule has 0 aliphatic carbocycles. The molecule has 0 spiro atoms. The topological polar surface area (TPSA) is 263 Å². The zero-order valence-electron chi connectivity index (χ0n) is 67.9. The molecule has 0 bridgehead atoms. The second-order valence-electron chi connectivity index (χ2n) is 31.3. The van der Waals surface area contributed by atoms with Gasteiger partial charge >= 0.3 is 0 Å². The lowest BCUT2D eigenvalue weighted by Crippen LogP contribution is -2.61. The molecule has 29 heteroatoms. The maximum Gasteiger partial charge on any atom is 0.256 e. The highest BCUT2D eigenvalue weighted by Crippen LogP contribution is 2.39. The Hall–Kier alpha value is -10.6. The first kappa shape index (κ1) is 88.2. The van der Waals surface area contributed by atoms with E-state index in [1.165, 1.54) is 54.4 Å². The summed E-state index contributed by atoms with van der Waals surface area (Å²) < 4.78 is 12.6. The van der Waals surface area contributed by atoms with E-state index in [0.717, 1.165) is 118 Å². The number of nitrogens with one attached hydrogen (secondary N) is 2. The number of benzene rings is 6. The van der Waals surface area contributed by atoms with Gasteiger partial charge in [-0.15, -0.1) is 0 Å². The van der Waals surface area contributed by atoms with Crippen LogP contribution in [0.5, 0.6) is 0 Å². The van der Waals surface area contributed by atoms with Crippen LogP contribution in [0.4, 0.5) is 0 Å². The fourth-order valence-electron chi connectivity index (χ4n) is 16.8. The van der Waals surface area contributed by atoms with Gasteiger partial charge in [-0.05, 0) is 164 Å². The molecule has 628 valence electrons. The number of hydrogen-bond acceptors (Lipinski definition) is 12. The average molecular weight is 1960 g/mol. The minimum Gasteiger partial charge on any atom is -0.372 e. The molecule has 4 N–H and O–H groups in total. The normalized spacial score (nSPS) is 15.2. The Labute approximate surface area is 744 Å². The molecule has 121 heavy (non-hydrogen) atoms. The van der Waals surface area contributed by atoms with Crippen LogP contribution in [-0.2, 0) is 97.1 Å². The molecule has 10 aromatic rings. The van der Waals surface area contributed by atoms with E-state index in [9.17, 15) is 47.9 Å². The average Bonchev–Trinajstić information content (AvgIpc) is 1.60. The van der Waals surface area contributed by atoms with E-state index in [-0.39, 0.29) is 103 Å². The van der Waals surface area contributed by atoms with Crippen LogP contribution in [0.3, 0.4) is 0 Å². The van der Waals surface area contributed by atoms with Crippen LogP contribution in [0.25, 0.3) is 54.9 Å². The van der Waals surface area contributed by atoms with Crippen LogP contribution in [0.1, 0.15) is 86.7 Å². The molecule has 0 radical (unpaired) electrons. The lowest BCUT2D eigenvalue weighted by molar-refractivity contribution is -0.134. The second kappa shape index (κ2) is 38.2. The molecule has 4 fully saturated rings. The van der Waals surface area contributed by atoms with Crippen molar-refractivity contribution in [1.82, 2.24) is 63.2 Å². The van der Waals surface area contributed by atoms with Crippen LogP contribution in [0, 0.1) is 19.8 Å². The Morgan fingerprint density at radius 2 is 1.04 bits per heavy atom. The number of Topliss-reactive ketones (excluding diaryl/α,β-unsaturated/α-hetero) is 1. The second-order valence-corrected chi connectivity index (χ2v) is 35.9. The molecule has 7 aliphatic rings. The summed E-state index contributed by atoms with van der Waals surface area (Å²) in [6.07, 6.45) is 8.25. The lowest BCUT2D eigenvalue weighted by atomic mass is 9.94. The Kier molecular flexibility index (Phi) is 27.9. The molecule has 6 aromatic carbocycles. The Morgan fingerprint density at radius 3 is 1.61 bits per heavy atom. The van der Waals surface area contributed by atoms with Gasteiger partial charge in [-0.25, -0.2) is 0 Å². The lowest BCUT2D eigenvalue weighted by Gasteiger charge is -2.38. The number of carbonyl (C=O) groups is 10. The molecule has 4 saturated heterocycles. The van der Waals surface area contributed by atoms with Crippen molar-refractivity contribution in [2.75, 3.05) is 65.4 Å². The number of ketones is 1. The largest absolute Gasteiger partial charge is 0.372 e. The van der Waals surface area contributed by atoms with Gasteiger partial charge in [0.2, 0.25) is 47.3 Å². The van der Waals surface area contributed by atoms with Gasteiger partial charge in [0.15, 0.2) is 5.78 Å². The third-order valence-corrected chi connectivity index (χ3v) is 25.5. The number of nitrogens with zero attached hydrogens (tertiary/aromatic N) is 11. The highest BCUT2D eigenvalue weighted by atomic mass is 79.9.